The SMILES string of the molecule is CCCCC/C=C\C/C=C\C/C=C\C/C=C\CCCCCCCCCCCCCCCCCCCC(=O)OCC(O)COP(=O)(O)OCC(O)COP(=O)(O)OCC(COC(=O)CCCCCCC/C=C\C/C=C\C/C=C\C/C=C\CCCCC)OC(=O)CCCCCCC/C=C\C/C=C\CCCCC. The van der Waals surface area contributed by atoms with Crippen molar-refractivity contribution >= 4 is 33.6 Å². The summed E-state index contributed by atoms with van der Waals surface area (Å²) in [5, 5.41) is 20.7. The molecular formula is C87H152O16P2. The van der Waals surface area contributed by atoms with E-state index in [9.17, 15) is 43.5 Å². The van der Waals surface area contributed by atoms with Gasteiger partial charge in [0.05, 0.1) is 26.4 Å². The van der Waals surface area contributed by atoms with E-state index in [2.05, 4.69) is 142 Å². The Hall–Kier alpha value is -4.05. The topological polar surface area (TPSA) is 231 Å². The van der Waals surface area contributed by atoms with Crippen LogP contribution < -0.4 is 0 Å². The second-order valence-electron chi connectivity index (χ2n) is 27.9. The number of phosphoric ester groups is 2. The summed E-state index contributed by atoms with van der Waals surface area (Å²) in [7, 11) is -9.80. The molecule has 5 atom stereocenters. The molecule has 0 radical (unpaired) electrons. The third-order valence-electron chi connectivity index (χ3n) is 17.6. The normalized spacial score (nSPS) is 14.5. The molecule has 16 nitrogen and oxygen atoms in total. The molecule has 0 bridgehead atoms. The zero-order valence-electron chi connectivity index (χ0n) is 66.4. The fourth-order valence-electron chi connectivity index (χ4n) is 11.2. The van der Waals surface area contributed by atoms with Crippen molar-refractivity contribution in [3.05, 3.63) is 122 Å². The van der Waals surface area contributed by atoms with Crippen LogP contribution in [0.5, 0.6) is 0 Å². The first-order valence-corrected chi connectivity index (χ1v) is 44.8. The van der Waals surface area contributed by atoms with Gasteiger partial charge in [0.1, 0.15) is 25.4 Å². The molecule has 606 valence electrons. The van der Waals surface area contributed by atoms with Gasteiger partial charge >= 0.3 is 33.6 Å². The molecule has 18 heteroatoms. The predicted molar refractivity (Wildman–Crippen MR) is 436 cm³/mol. The number of phosphoric acid groups is 2. The lowest BCUT2D eigenvalue weighted by atomic mass is 10.0. The summed E-state index contributed by atoms with van der Waals surface area (Å²) in [6, 6.07) is 0. The molecule has 0 aromatic rings. The van der Waals surface area contributed by atoms with Crippen LogP contribution in [0.15, 0.2) is 122 Å². The molecule has 0 fully saturated rings. The van der Waals surface area contributed by atoms with Crippen LogP contribution in [0.3, 0.4) is 0 Å². The number of ether oxygens (including phenoxy) is 3. The number of allylic oxidation sites excluding steroid dienone is 20. The summed E-state index contributed by atoms with van der Waals surface area (Å²) >= 11 is 0. The molecule has 0 saturated carbocycles. The predicted octanol–water partition coefficient (Wildman–Crippen LogP) is 24.9. The van der Waals surface area contributed by atoms with Crippen LogP contribution in [-0.4, -0.2) is 95.9 Å². The molecule has 0 aliphatic rings. The highest BCUT2D eigenvalue weighted by molar-refractivity contribution is 7.47. The van der Waals surface area contributed by atoms with E-state index in [0.717, 1.165) is 135 Å². The van der Waals surface area contributed by atoms with E-state index in [4.69, 9.17) is 32.3 Å². The zero-order valence-corrected chi connectivity index (χ0v) is 68.2. The number of hydrogen-bond donors (Lipinski definition) is 4. The monoisotopic (exact) mass is 1520 g/mol. The lowest BCUT2D eigenvalue weighted by molar-refractivity contribution is -0.161. The fraction of sp³-hybridized carbons (Fsp3) is 0.736. The number of carbonyl (C=O) groups excluding carboxylic acids is 3. The summed E-state index contributed by atoms with van der Waals surface area (Å²) in [5.41, 5.74) is 0. The quantitative estimate of drug-likeness (QED) is 0.0146. The Morgan fingerprint density at radius 1 is 0.267 bits per heavy atom. The molecular weight excluding hydrogens is 1360 g/mol. The van der Waals surface area contributed by atoms with Crippen LogP contribution >= 0.6 is 15.6 Å². The average molecular weight is 1520 g/mol. The first kappa shape index (κ1) is 101. The van der Waals surface area contributed by atoms with Gasteiger partial charge in [-0.2, -0.15) is 0 Å². The second kappa shape index (κ2) is 79.5. The number of aliphatic hydroxyl groups excluding tert-OH is 2. The van der Waals surface area contributed by atoms with E-state index in [-0.39, 0.29) is 19.3 Å². The van der Waals surface area contributed by atoms with Crippen molar-refractivity contribution in [1.82, 2.24) is 0 Å². The summed E-state index contributed by atoms with van der Waals surface area (Å²) in [4.78, 5) is 58.7. The van der Waals surface area contributed by atoms with Gasteiger partial charge in [-0.05, 0) is 141 Å². The second-order valence-corrected chi connectivity index (χ2v) is 30.8. The largest absolute Gasteiger partial charge is 0.472 e. The van der Waals surface area contributed by atoms with Crippen molar-refractivity contribution in [2.24, 2.45) is 0 Å². The van der Waals surface area contributed by atoms with E-state index >= 15 is 0 Å². The first-order chi connectivity index (χ1) is 51.2. The van der Waals surface area contributed by atoms with Gasteiger partial charge in [-0.1, -0.05) is 316 Å². The van der Waals surface area contributed by atoms with Gasteiger partial charge in [0, 0.05) is 19.3 Å². The Morgan fingerprint density at radius 3 is 0.752 bits per heavy atom. The van der Waals surface area contributed by atoms with Crippen LogP contribution in [0.4, 0.5) is 0 Å². The van der Waals surface area contributed by atoms with Crippen LogP contribution in [0.1, 0.15) is 355 Å². The molecule has 0 heterocycles. The van der Waals surface area contributed by atoms with Crippen LogP contribution in [-0.2, 0) is 55.8 Å². The Bertz CT molecular complexity index is 2390. The maximum absolute atomic E-state index is 13.0. The van der Waals surface area contributed by atoms with Gasteiger partial charge < -0.3 is 34.2 Å². The first-order valence-electron chi connectivity index (χ1n) is 41.8. The van der Waals surface area contributed by atoms with Gasteiger partial charge in [0.25, 0.3) is 0 Å². The Kier molecular flexibility index (Phi) is 76.4. The third-order valence-corrected chi connectivity index (χ3v) is 19.5. The van der Waals surface area contributed by atoms with E-state index in [1.807, 2.05) is 0 Å². The van der Waals surface area contributed by atoms with Crippen LogP contribution in [0.2, 0.25) is 0 Å². The number of unbranched alkanes of at least 4 members (excludes halogenated alkanes) is 36. The zero-order chi connectivity index (χ0) is 76.6. The summed E-state index contributed by atoms with van der Waals surface area (Å²) in [6.45, 7) is 2.59. The highest BCUT2D eigenvalue weighted by Crippen LogP contribution is 2.45. The van der Waals surface area contributed by atoms with Gasteiger partial charge in [0.2, 0.25) is 0 Å². The van der Waals surface area contributed by atoms with Crippen molar-refractivity contribution < 1.29 is 75.8 Å². The van der Waals surface area contributed by atoms with Gasteiger partial charge in [-0.15, -0.1) is 0 Å². The number of carbonyl (C=O) groups is 3. The minimum atomic E-state index is -4.94. The van der Waals surface area contributed by atoms with Crippen molar-refractivity contribution in [3.63, 3.8) is 0 Å². The van der Waals surface area contributed by atoms with Gasteiger partial charge in [0.15, 0.2) is 6.10 Å². The van der Waals surface area contributed by atoms with Crippen molar-refractivity contribution in [1.29, 1.82) is 0 Å². The Morgan fingerprint density at radius 2 is 0.476 bits per heavy atom. The molecule has 105 heavy (non-hydrogen) atoms. The number of aliphatic hydroxyl groups is 2. The number of rotatable bonds is 79. The fourth-order valence-corrected chi connectivity index (χ4v) is 12.8. The molecule has 0 aliphatic heterocycles. The molecule has 0 aromatic heterocycles. The molecule has 0 rings (SSSR count). The van der Waals surface area contributed by atoms with Crippen LogP contribution in [0, 0.1) is 0 Å². The van der Waals surface area contributed by atoms with E-state index in [1.54, 1.807) is 0 Å². The molecule has 0 amide bonds. The van der Waals surface area contributed by atoms with Crippen LogP contribution in [0.25, 0.3) is 0 Å². The molecule has 0 saturated heterocycles. The lowest BCUT2D eigenvalue weighted by Crippen LogP contribution is -2.30. The molecule has 0 aromatic carbocycles. The Balaban J connectivity index is 4.46. The highest BCUT2D eigenvalue weighted by Gasteiger charge is 2.29. The highest BCUT2D eigenvalue weighted by atomic mass is 31.2. The molecule has 0 aliphatic carbocycles. The van der Waals surface area contributed by atoms with Crippen molar-refractivity contribution in [2.45, 2.75) is 373 Å². The lowest BCUT2D eigenvalue weighted by Gasteiger charge is -2.21. The molecule has 5 unspecified atom stereocenters. The number of hydrogen-bond acceptors (Lipinski definition) is 14. The summed E-state index contributed by atoms with van der Waals surface area (Å²) < 4.78 is 61.2. The van der Waals surface area contributed by atoms with E-state index < -0.39 is 91.5 Å². The maximum atomic E-state index is 13.0. The number of esters is 3. The minimum absolute atomic E-state index is 0.0827. The average Bonchev–Trinajstić information content (AvgIpc) is 0.940. The maximum Gasteiger partial charge on any atom is 0.472 e. The van der Waals surface area contributed by atoms with E-state index in [0.29, 0.717) is 19.3 Å². The molecule has 4 N–H and O–H groups in total. The Labute approximate surface area is 640 Å². The van der Waals surface area contributed by atoms with Crippen molar-refractivity contribution in [3.8, 4) is 0 Å². The van der Waals surface area contributed by atoms with Gasteiger partial charge in [-0.25, -0.2) is 9.13 Å². The standard InChI is InChI=1S/C87H152O16P2/c1-4-7-10-13-16-19-22-25-28-30-32-34-35-36-37-38-39-40-41-42-43-44-45-47-49-50-53-55-58-61-64-67-70-73-85(90)97-76-82(88)77-99-104(93,94)100-78-83(89)79-101-105(95,96)102-81-84(103-87(92)75-72-69-66-63-60-57-52-27-24-21-18-15-12-9-6-3)80-98-86(91)74-71-68-65-62-59-56-54-51-48-46-33-31-29-26-23-20-17-14-11-8-5-2/h16-21,25-29,32-34,36-37,46,51-52,54,82-84,88-89H,4-15,22-24,30-31,35,38-45,47-50,53,55-81H2,1-3H3,(H,93,94)(H,95,96)/b19-16-,20-17-,21-18-,28-25-,29-26-,34-32-,37-36-,46-33-,52-27-,54-51-. The van der Waals surface area contributed by atoms with E-state index in [1.165, 1.54) is 161 Å². The smallest absolute Gasteiger partial charge is 0.463 e. The van der Waals surface area contributed by atoms with Crippen molar-refractivity contribution in [2.75, 3.05) is 39.6 Å². The summed E-state index contributed by atoms with van der Waals surface area (Å²) in [6.07, 6.45) is 95.4. The third kappa shape index (κ3) is 80.8. The van der Waals surface area contributed by atoms with Gasteiger partial charge in [-0.3, -0.25) is 32.5 Å². The summed E-state index contributed by atoms with van der Waals surface area (Å²) in [5.74, 6) is -1.60. The molecule has 0 spiro atoms. The minimum Gasteiger partial charge on any atom is -0.463 e.